The second kappa shape index (κ2) is 11.7. The maximum absolute atomic E-state index is 12.8. The van der Waals surface area contributed by atoms with Gasteiger partial charge in [-0.3, -0.25) is 4.79 Å². The third-order valence-electron chi connectivity index (χ3n) is 6.08. The van der Waals surface area contributed by atoms with Crippen molar-refractivity contribution < 1.29 is 28.5 Å². The van der Waals surface area contributed by atoms with Crippen LogP contribution in [0.5, 0.6) is 11.5 Å². The SMILES string of the molecule is CCOC(=O)Cc1c(C(=O)OCC)[nH]c(C)c1-c1nc(-c2ccc(OC)cc2)c(-c2ccc(OC)cc2)[nH]1. The molecule has 2 N–H and O–H groups in total. The number of carbonyl (C=O) groups is 2. The largest absolute Gasteiger partial charge is 0.497 e. The quantitative estimate of drug-likeness (QED) is 0.273. The van der Waals surface area contributed by atoms with Crippen molar-refractivity contribution >= 4 is 11.9 Å². The maximum Gasteiger partial charge on any atom is 0.355 e. The third kappa shape index (κ3) is 5.41. The van der Waals surface area contributed by atoms with E-state index in [1.54, 1.807) is 28.1 Å². The lowest BCUT2D eigenvalue weighted by Crippen LogP contribution is -2.13. The van der Waals surface area contributed by atoms with Crippen molar-refractivity contribution in [3.8, 4) is 45.4 Å². The average Bonchev–Trinajstić information content (AvgIpc) is 3.50. The second-order valence-electron chi connectivity index (χ2n) is 8.45. The summed E-state index contributed by atoms with van der Waals surface area (Å²) < 4.78 is 21.1. The molecule has 0 saturated carbocycles. The zero-order chi connectivity index (χ0) is 27.2. The zero-order valence-electron chi connectivity index (χ0n) is 22.1. The van der Waals surface area contributed by atoms with Crippen molar-refractivity contribution in [2.75, 3.05) is 27.4 Å². The van der Waals surface area contributed by atoms with Crippen LogP contribution in [0.1, 0.15) is 35.6 Å². The molecule has 9 nitrogen and oxygen atoms in total. The van der Waals surface area contributed by atoms with Crippen molar-refractivity contribution in [3.05, 3.63) is 65.5 Å². The van der Waals surface area contributed by atoms with Crippen molar-refractivity contribution in [1.82, 2.24) is 15.0 Å². The molecule has 9 heteroatoms. The standard InChI is InChI=1S/C29H31N3O6/c1-6-37-23(33)16-22-24(17(3)30-27(22)29(34)38-7-2)28-31-25(18-8-12-20(35-4)13-9-18)26(32-28)19-10-14-21(36-5)15-11-19/h8-15,30H,6-7,16H2,1-5H3,(H,31,32). The molecule has 0 radical (unpaired) electrons. The van der Waals surface area contributed by atoms with Crippen LogP contribution in [0.2, 0.25) is 0 Å². The topological polar surface area (TPSA) is 116 Å². The first-order chi connectivity index (χ1) is 18.4. The lowest BCUT2D eigenvalue weighted by Gasteiger charge is -2.07. The Bertz CT molecular complexity index is 1350. The van der Waals surface area contributed by atoms with Crippen molar-refractivity contribution in [3.63, 3.8) is 0 Å². The van der Waals surface area contributed by atoms with Crippen LogP contribution >= 0.6 is 0 Å². The lowest BCUT2D eigenvalue weighted by molar-refractivity contribution is -0.142. The number of rotatable bonds is 10. The fraction of sp³-hybridized carbons (Fsp3) is 0.276. The highest BCUT2D eigenvalue weighted by Crippen LogP contribution is 2.37. The number of nitrogens with one attached hydrogen (secondary N) is 2. The highest BCUT2D eigenvalue weighted by Gasteiger charge is 2.27. The summed E-state index contributed by atoms with van der Waals surface area (Å²) >= 11 is 0. The molecule has 0 aliphatic rings. The molecule has 4 rings (SSSR count). The Kier molecular flexibility index (Phi) is 8.15. The van der Waals surface area contributed by atoms with E-state index in [2.05, 4.69) is 9.97 Å². The molecule has 0 fully saturated rings. The smallest absolute Gasteiger partial charge is 0.355 e. The predicted molar refractivity (Wildman–Crippen MR) is 143 cm³/mol. The van der Waals surface area contributed by atoms with Crippen LogP contribution in [0.4, 0.5) is 0 Å². The number of methoxy groups -OCH3 is 2. The second-order valence-corrected chi connectivity index (χ2v) is 8.45. The van der Waals surface area contributed by atoms with Gasteiger partial charge in [0, 0.05) is 27.9 Å². The van der Waals surface area contributed by atoms with Gasteiger partial charge in [0.15, 0.2) is 0 Å². The molecule has 2 aromatic heterocycles. The molecule has 4 aromatic rings. The first kappa shape index (κ1) is 26.5. The van der Waals surface area contributed by atoms with E-state index in [1.165, 1.54) is 0 Å². The third-order valence-corrected chi connectivity index (χ3v) is 6.08. The molecule has 2 heterocycles. The Labute approximate surface area is 221 Å². The summed E-state index contributed by atoms with van der Waals surface area (Å²) in [5.41, 5.74) is 5.20. The highest BCUT2D eigenvalue weighted by molar-refractivity contribution is 5.95. The Hall–Kier alpha value is -4.53. The van der Waals surface area contributed by atoms with E-state index in [9.17, 15) is 9.59 Å². The Balaban J connectivity index is 1.91. The molecule has 0 atom stereocenters. The highest BCUT2D eigenvalue weighted by atomic mass is 16.5. The summed E-state index contributed by atoms with van der Waals surface area (Å²) in [5, 5.41) is 0. The van der Waals surface area contributed by atoms with Gasteiger partial charge >= 0.3 is 11.9 Å². The number of aromatic amines is 2. The van der Waals surface area contributed by atoms with Crippen molar-refractivity contribution in [2.45, 2.75) is 27.2 Å². The number of ether oxygens (including phenoxy) is 4. The fourth-order valence-electron chi connectivity index (χ4n) is 4.32. The molecule has 0 saturated heterocycles. The molecule has 0 bridgehead atoms. The van der Waals surface area contributed by atoms with Gasteiger partial charge in [0.05, 0.1) is 45.2 Å². The molecule has 0 aliphatic heterocycles. The van der Waals surface area contributed by atoms with E-state index in [4.69, 9.17) is 23.9 Å². The van der Waals surface area contributed by atoms with E-state index < -0.39 is 11.9 Å². The van der Waals surface area contributed by atoms with E-state index in [0.29, 0.717) is 28.3 Å². The van der Waals surface area contributed by atoms with Crippen LogP contribution in [0.3, 0.4) is 0 Å². The zero-order valence-corrected chi connectivity index (χ0v) is 22.1. The molecule has 0 amide bonds. The van der Waals surface area contributed by atoms with Gasteiger partial charge in [-0.15, -0.1) is 0 Å². The first-order valence-corrected chi connectivity index (χ1v) is 12.3. The Morgan fingerprint density at radius 3 is 1.95 bits per heavy atom. The minimum absolute atomic E-state index is 0.113. The fourth-order valence-corrected chi connectivity index (χ4v) is 4.32. The van der Waals surface area contributed by atoms with Crippen LogP contribution in [-0.4, -0.2) is 54.3 Å². The minimum Gasteiger partial charge on any atom is -0.497 e. The number of H-pyrrole nitrogens is 2. The lowest BCUT2D eigenvalue weighted by atomic mass is 10.0. The molecule has 0 unspecified atom stereocenters. The number of aryl methyl sites for hydroxylation is 1. The molecule has 38 heavy (non-hydrogen) atoms. The van der Waals surface area contributed by atoms with E-state index in [-0.39, 0.29) is 25.3 Å². The number of imidazole rings is 1. The first-order valence-electron chi connectivity index (χ1n) is 12.3. The summed E-state index contributed by atoms with van der Waals surface area (Å²) in [6.07, 6.45) is -0.113. The number of hydrogen-bond acceptors (Lipinski definition) is 7. The van der Waals surface area contributed by atoms with E-state index in [1.807, 2.05) is 55.5 Å². The number of esters is 2. The van der Waals surface area contributed by atoms with E-state index in [0.717, 1.165) is 28.3 Å². The van der Waals surface area contributed by atoms with Gasteiger partial charge in [-0.1, -0.05) is 0 Å². The maximum atomic E-state index is 12.8. The molecular weight excluding hydrogens is 486 g/mol. The summed E-state index contributed by atoms with van der Waals surface area (Å²) in [6, 6.07) is 15.2. The van der Waals surface area contributed by atoms with Crippen molar-refractivity contribution in [2.24, 2.45) is 0 Å². The number of nitrogens with zero attached hydrogens (tertiary/aromatic N) is 1. The van der Waals surface area contributed by atoms with Gasteiger partial charge in [0.2, 0.25) is 0 Å². The van der Waals surface area contributed by atoms with Crippen LogP contribution in [0, 0.1) is 6.92 Å². The number of hydrogen-bond donors (Lipinski definition) is 2. The van der Waals surface area contributed by atoms with Gasteiger partial charge < -0.3 is 28.9 Å². The van der Waals surface area contributed by atoms with E-state index >= 15 is 0 Å². The number of aromatic nitrogens is 3. The Morgan fingerprint density at radius 1 is 0.816 bits per heavy atom. The summed E-state index contributed by atoms with van der Waals surface area (Å²) in [4.78, 5) is 36.8. The van der Waals surface area contributed by atoms with Gasteiger partial charge in [0.1, 0.15) is 23.0 Å². The summed E-state index contributed by atoms with van der Waals surface area (Å²) in [5.74, 6) is 0.976. The van der Waals surface area contributed by atoms with Crippen LogP contribution < -0.4 is 9.47 Å². The Morgan fingerprint density at radius 2 is 1.39 bits per heavy atom. The number of benzene rings is 2. The molecule has 2 aromatic carbocycles. The average molecular weight is 518 g/mol. The summed E-state index contributed by atoms with van der Waals surface area (Å²) in [7, 11) is 3.23. The van der Waals surface area contributed by atoms with Gasteiger partial charge in [-0.05, 0) is 69.3 Å². The summed E-state index contributed by atoms with van der Waals surface area (Å²) in [6.45, 7) is 5.73. The van der Waals surface area contributed by atoms with Gasteiger partial charge in [-0.25, -0.2) is 9.78 Å². The molecule has 0 spiro atoms. The molecule has 0 aliphatic carbocycles. The molecule has 198 valence electrons. The predicted octanol–water partition coefficient (Wildman–Crippen LogP) is 5.35. The van der Waals surface area contributed by atoms with Crippen LogP contribution in [0.25, 0.3) is 33.9 Å². The van der Waals surface area contributed by atoms with Crippen LogP contribution in [-0.2, 0) is 20.7 Å². The normalized spacial score (nSPS) is 10.8. The minimum atomic E-state index is -0.543. The van der Waals surface area contributed by atoms with Crippen LogP contribution in [0.15, 0.2) is 48.5 Å². The number of carbonyl (C=O) groups excluding carboxylic acids is 2. The van der Waals surface area contributed by atoms with Gasteiger partial charge in [-0.2, -0.15) is 0 Å². The monoisotopic (exact) mass is 517 g/mol. The molecular formula is C29H31N3O6. The van der Waals surface area contributed by atoms with Gasteiger partial charge in [0.25, 0.3) is 0 Å². The van der Waals surface area contributed by atoms with Crippen molar-refractivity contribution in [1.29, 1.82) is 0 Å².